The number of benzene rings is 2. The van der Waals surface area contributed by atoms with Crippen molar-refractivity contribution in [2.45, 2.75) is 25.6 Å². The Balaban J connectivity index is 1.46. The van der Waals surface area contributed by atoms with E-state index in [0.29, 0.717) is 42.0 Å². The quantitative estimate of drug-likeness (QED) is 0.490. The maximum absolute atomic E-state index is 13.3. The maximum Gasteiger partial charge on any atom is 0.240 e. The number of halogens is 3. The third-order valence-corrected chi connectivity index (χ3v) is 5.48. The Hall–Kier alpha value is -1.82. The van der Waals surface area contributed by atoms with Gasteiger partial charge in [0.05, 0.1) is 24.1 Å². The highest BCUT2D eigenvalue weighted by Crippen LogP contribution is 2.29. The predicted molar refractivity (Wildman–Crippen MR) is 111 cm³/mol. The van der Waals surface area contributed by atoms with Crippen LogP contribution in [0.5, 0.6) is 5.88 Å². The van der Waals surface area contributed by atoms with Gasteiger partial charge in [-0.15, -0.1) is 5.10 Å². The van der Waals surface area contributed by atoms with Crippen molar-refractivity contribution in [3.05, 3.63) is 58.1 Å². The molecule has 0 amide bonds. The molecule has 1 aliphatic rings. The van der Waals surface area contributed by atoms with E-state index in [1.54, 1.807) is 0 Å². The van der Waals surface area contributed by atoms with Crippen molar-refractivity contribution in [1.29, 1.82) is 0 Å². The van der Waals surface area contributed by atoms with E-state index in [-0.39, 0.29) is 0 Å². The summed E-state index contributed by atoms with van der Waals surface area (Å²) >= 11 is 12.2. The van der Waals surface area contributed by atoms with Crippen LogP contribution in [0, 0.1) is 0 Å². The fourth-order valence-corrected chi connectivity index (χ4v) is 3.86. The van der Waals surface area contributed by atoms with Gasteiger partial charge in [-0.3, -0.25) is 4.68 Å². The van der Waals surface area contributed by atoms with Gasteiger partial charge in [0.15, 0.2) is 0 Å². The summed E-state index contributed by atoms with van der Waals surface area (Å²) in [4.78, 5) is 2.14. The molecule has 3 aromatic rings. The Labute approximate surface area is 173 Å². The van der Waals surface area contributed by atoms with Crippen molar-refractivity contribution >= 4 is 34.1 Å². The third-order valence-electron chi connectivity index (χ3n) is 5.00. The molecule has 1 aromatic heterocycles. The van der Waals surface area contributed by atoms with Crippen molar-refractivity contribution < 1.29 is 9.13 Å². The summed E-state index contributed by atoms with van der Waals surface area (Å²) in [6, 6.07) is 13.4. The molecule has 1 fully saturated rings. The van der Waals surface area contributed by atoms with Crippen LogP contribution in [0.1, 0.15) is 18.4 Å². The first-order chi connectivity index (χ1) is 13.6. The Morgan fingerprint density at radius 2 is 1.89 bits per heavy atom. The highest BCUT2D eigenvalue weighted by molar-refractivity contribution is 6.31. The molecule has 2 heterocycles. The van der Waals surface area contributed by atoms with E-state index in [4.69, 9.17) is 27.9 Å². The van der Waals surface area contributed by atoms with Gasteiger partial charge in [-0.1, -0.05) is 35.3 Å². The molecule has 4 rings (SSSR count). The molecule has 1 atom stereocenters. The largest absolute Gasteiger partial charge is 0.476 e. The smallest absolute Gasteiger partial charge is 0.240 e. The van der Waals surface area contributed by atoms with Gasteiger partial charge in [-0.05, 0) is 48.7 Å². The van der Waals surface area contributed by atoms with Crippen molar-refractivity contribution in [3.8, 4) is 5.88 Å². The molecule has 0 aliphatic carbocycles. The zero-order valence-corrected chi connectivity index (χ0v) is 17.0. The third kappa shape index (κ3) is 4.59. The number of likely N-dealkylation sites (tertiary alicyclic amines) is 1. The average molecular weight is 422 g/mol. The van der Waals surface area contributed by atoms with Gasteiger partial charge in [0.2, 0.25) is 5.88 Å². The predicted octanol–water partition coefficient (Wildman–Crippen LogP) is 5.20. The SMILES string of the molecule is F[C@H]1CCN(CCCOc2nn(Cc3ccc(Cl)cc3)c3ccc(Cl)cc23)C1. The molecular formula is C21H22Cl2FN3O. The highest BCUT2D eigenvalue weighted by Gasteiger charge is 2.21. The van der Waals surface area contributed by atoms with E-state index in [9.17, 15) is 4.39 Å². The van der Waals surface area contributed by atoms with E-state index in [1.165, 1.54) is 0 Å². The molecule has 1 saturated heterocycles. The van der Waals surface area contributed by atoms with Crippen LogP contribution < -0.4 is 4.74 Å². The molecule has 148 valence electrons. The molecule has 28 heavy (non-hydrogen) atoms. The summed E-state index contributed by atoms with van der Waals surface area (Å²) < 4.78 is 21.1. The molecular weight excluding hydrogens is 400 g/mol. The number of hydrogen-bond donors (Lipinski definition) is 0. The number of nitrogens with zero attached hydrogens (tertiary/aromatic N) is 3. The Morgan fingerprint density at radius 1 is 1.11 bits per heavy atom. The number of rotatable bonds is 7. The maximum atomic E-state index is 13.3. The van der Waals surface area contributed by atoms with E-state index in [2.05, 4.69) is 10.00 Å². The highest BCUT2D eigenvalue weighted by atomic mass is 35.5. The number of ether oxygens (including phenoxy) is 1. The lowest BCUT2D eigenvalue weighted by atomic mass is 10.2. The molecule has 0 unspecified atom stereocenters. The molecule has 1 aliphatic heterocycles. The Kier molecular flexibility index (Phi) is 6.04. The van der Waals surface area contributed by atoms with Crippen LogP contribution in [0.4, 0.5) is 4.39 Å². The number of alkyl halides is 1. The lowest BCUT2D eigenvalue weighted by molar-refractivity contribution is 0.244. The van der Waals surface area contributed by atoms with E-state index < -0.39 is 6.17 Å². The van der Waals surface area contributed by atoms with Crippen LogP contribution in [0.2, 0.25) is 10.0 Å². The van der Waals surface area contributed by atoms with Gasteiger partial charge < -0.3 is 9.64 Å². The molecule has 0 radical (unpaired) electrons. The van der Waals surface area contributed by atoms with E-state index >= 15 is 0 Å². The minimum Gasteiger partial charge on any atom is -0.476 e. The molecule has 0 N–H and O–H groups in total. The first-order valence-corrected chi connectivity index (χ1v) is 10.2. The molecule has 0 saturated carbocycles. The zero-order valence-electron chi connectivity index (χ0n) is 15.5. The number of hydrogen-bond acceptors (Lipinski definition) is 3. The normalized spacial score (nSPS) is 17.5. The molecule has 7 heteroatoms. The second kappa shape index (κ2) is 8.68. The molecule has 2 aromatic carbocycles. The summed E-state index contributed by atoms with van der Waals surface area (Å²) in [6.45, 7) is 3.35. The fourth-order valence-electron chi connectivity index (χ4n) is 3.56. The van der Waals surface area contributed by atoms with Gasteiger partial charge in [0.1, 0.15) is 6.17 Å². The summed E-state index contributed by atoms with van der Waals surface area (Å²) in [5, 5.41) is 6.91. The standard InChI is InChI=1S/C21H22Cl2FN3O/c22-16-4-2-15(3-5-16)13-27-20-7-6-17(23)12-19(20)21(25-27)28-11-1-9-26-10-8-18(24)14-26/h2-7,12,18H,1,8-11,13-14H2/t18-/m0/s1. The summed E-state index contributed by atoms with van der Waals surface area (Å²) in [5.41, 5.74) is 2.07. The van der Waals surface area contributed by atoms with Crippen LogP contribution >= 0.6 is 23.2 Å². The van der Waals surface area contributed by atoms with E-state index in [0.717, 1.165) is 36.0 Å². The lowest BCUT2D eigenvalue weighted by Gasteiger charge is -2.13. The number of fused-ring (bicyclic) bond motifs is 1. The summed E-state index contributed by atoms with van der Waals surface area (Å²) in [7, 11) is 0. The van der Waals surface area contributed by atoms with Crippen molar-refractivity contribution in [3.63, 3.8) is 0 Å². The first kappa shape index (κ1) is 19.5. The molecule has 0 spiro atoms. The van der Waals surface area contributed by atoms with Crippen LogP contribution in [0.3, 0.4) is 0 Å². The molecule has 0 bridgehead atoms. The second-order valence-corrected chi connectivity index (χ2v) is 8.01. The Bertz CT molecular complexity index is 945. The topological polar surface area (TPSA) is 30.3 Å². The summed E-state index contributed by atoms with van der Waals surface area (Å²) in [5.74, 6) is 0.580. The summed E-state index contributed by atoms with van der Waals surface area (Å²) in [6.07, 6.45) is 0.786. The van der Waals surface area contributed by atoms with Gasteiger partial charge >= 0.3 is 0 Å². The fraction of sp³-hybridized carbons (Fsp3) is 0.381. The Morgan fingerprint density at radius 3 is 2.64 bits per heavy atom. The second-order valence-electron chi connectivity index (χ2n) is 7.14. The van der Waals surface area contributed by atoms with Crippen LogP contribution in [-0.4, -0.2) is 47.1 Å². The first-order valence-electron chi connectivity index (χ1n) is 9.48. The lowest BCUT2D eigenvalue weighted by Crippen LogP contribution is -2.23. The molecule has 4 nitrogen and oxygen atoms in total. The zero-order chi connectivity index (χ0) is 19.5. The van der Waals surface area contributed by atoms with E-state index in [1.807, 2.05) is 47.1 Å². The van der Waals surface area contributed by atoms with Crippen LogP contribution in [-0.2, 0) is 6.54 Å². The van der Waals surface area contributed by atoms with Gasteiger partial charge in [-0.25, -0.2) is 4.39 Å². The van der Waals surface area contributed by atoms with Crippen molar-refractivity contribution in [2.24, 2.45) is 0 Å². The van der Waals surface area contributed by atoms with Crippen molar-refractivity contribution in [1.82, 2.24) is 14.7 Å². The minimum absolute atomic E-state index is 0.535. The van der Waals surface area contributed by atoms with Gasteiger partial charge in [-0.2, -0.15) is 0 Å². The minimum atomic E-state index is -0.685. The average Bonchev–Trinajstić information content (AvgIpc) is 3.24. The van der Waals surface area contributed by atoms with Gasteiger partial charge in [0.25, 0.3) is 0 Å². The van der Waals surface area contributed by atoms with Crippen LogP contribution in [0.25, 0.3) is 10.9 Å². The van der Waals surface area contributed by atoms with Gasteiger partial charge in [0, 0.05) is 29.7 Å². The van der Waals surface area contributed by atoms with Crippen LogP contribution in [0.15, 0.2) is 42.5 Å². The monoisotopic (exact) mass is 421 g/mol. The van der Waals surface area contributed by atoms with Crippen molar-refractivity contribution in [2.75, 3.05) is 26.2 Å². The number of aromatic nitrogens is 2.